The molecule has 248 valence electrons. The number of unbranched alkanes of at least 4 members (excludes halogenated alkanes) is 10. The molecule has 0 bridgehead atoms. The van der Waals surface area contributed by atoms with Gasteiger partial charge in [0.1, 0.15) is 24.4 Å². The zero-order valence-electron chi connectivity index (χ0n) is 25.6. The molecule has 0 saturated heterocycles. The summed E-state index contributed by atoms with van der Waals surface area (Å²) in [5.74, 6) is -1.59. The molecule has 0 spiro atoms. The number of azide groups is 1. The van der Waals surface area contributed by atoms with Crippen LogP contribution in [0.2, 0.25) is 0 Å². The minimum Gasteiger partial charge on any atom is -0.484 e. The molecule has 0 saturated carbocycles. The molecular weight excluding hydrogens is 574 g/mol. The third-order valence-electron chi connectivity index (χ3n) is 7.53. The molecule has 0 radical (unpaired) electrons. The van der Waals surface area contributed by atoms with E-state index in [-0.39, 0.29) is 29.6 Å². The SMILES string of the molecule is CCCCCCC(CCCCCCCCCCC(=O)C(=O)C(N)C(O)C(O)C(O)CO)Oc1ccc(N=[N+]=[N-])cc1[N+](=O)[O-]. The third-order valence-corrected chi connectivity index (χ3v) is 7.53. The molecule has 14 heteroatoms. The average Bonchev–Trinajstić information content (AvgIpc) is 3.02. The smallest absolute Gasteiger partial charge is 0.311 e. The highest BCUT2D eigenvalue weighted by atomic mass is 16.6. The molecule has 0 heterocycles. The molecule has 1 rings (SSSR count). The highest BCUT2D eigenvalue weighted by Gasteiger charge is 2.35. The van der Waals surface area contributed by atoms with E-state index < -0.39 is 47.5 Å². The number of ether oxygens (including phenoxy) is 1. The van der Waals surface area contributed by atoms with Gasteiger partial charge in [-0.2, -0.15) is 0 Å². The zero-order chi connectivity index (χ0) is 32.9. The summed E-state index contributed by atoms with van der Waals surface area (Å²) in [4.78, 5) is 38.0. The van der Waals surface area contributed by atoms with E-state index in [0.29, 0.717) is 6.42 Å². The van der Waals surface area contributed by atoms with Crippen LogP contribution in [-0.2, 0) is 9.59 Å². The Morgan fingerprint density at radius 3 is 2.09 bits per heavy atom. The van der Waals surface area contributed by atoms with E-state index in [4.69, 9.17) is 21.1 Å². The molecule has 5 atom stereocenters. The van der Waals surface area contributed by atoms with Crippen molar-refractivity contribution < 1.29 is 39.7 Å². The van der Waals surface area contributed by atoms with Gasteiger partial charge >= 0.3 is 5.69 Å². The van der Waals surface area contributed by atoms with Crippen molar-refractivity contribution in [2.45, 2.75) is 134 Å². The lowest BCUT2D eigenvalue weighted by molar-refractivity contribution is -0.386. The number of nitro groups is 1. The number of benzene rings is 1. The number of Topliss-reactive ketones (excluding diaryl/α,β-unsaturated/α-hetero) is 2. The summed E-state index contributed by atoms with van der Waals surface area (Å²) in [7, 11) is 0. The van der Waals surface area contributed by atoms with Crippen LogP contribution in [0.4, 0.5) is 11.4 Å². The van der Waals surface area contributed by atoms with Crippen molar-refractivity contribution in [1.29, 1.82) is 0 Å². The predicted octanol–water partition coefficient (Wildman–Crippen LogP) is 4.70. The molecule has 44 heavy (non-hydrogen) atoms. The number of carbonyl (C=O) groups excluding carboxylic acids is 2. The number of hydrogen-bond donors (Lipinski definition) is 5. The molecular formula is C30H49N5O9. The molecule has 0 fully saturated rings. The van der Waals surface area contributed by atoms with Crippen molar-refractivity contribution in [2.75, 3.05) is 6.61 Å². The van der Waals surface area contributed by atoms with E-state index in [9.17, 15) is 35.0 Å². The molecule has 0 amide bonds. The van der Waals surface area contributed by atoms with E-state index >= 15 is 0 Å². The Kier molecular flexibility index (Phi) is 19.8. The lowest BCUT2D eigenvalue weighted by atomic mass is 9.95. The fourth-order valence-electron chi connectivity index (χ4n) is 4.83. The second kappa shape index (κ2) is 22.4. The first kappa shape index (κ1) is 38.9. The fraction of sp³-hybridized carbons (Fsp3) is 0.733. The summed E-state index contributed by atoms with van der Waals surface area (Å²) < 4.78 is 6.10. The summed E-state index contributed by atoms with van der Waals surface area (Å²) in [6.07, 6.45) is 7.25. The summed E-state index contributed by atoms with van der Waals surface area (Å²) in [6.45, 7) is 1.31. The standard InChI is InChI=1S/C30H49N5O9/c1-2-3-4-11-14-22(44-26-18-17-21(33-34-32)19-23(26)35(42)43)15-12-9-7-5-6-8-10-13-16-24(37)28(39)27(31)30(41)29(40)25(38)20-36/h17-19,22,25,27,29-30,36,38,40-41H,2-16,20,31H2,1H3. The molecule has 0 aliphatic rings. The number of aliphatic hydroxyl groups excluding tert-OH is 4. The Labute approximate surface area is 258 Å². The van der Waals surface area contributed by atoms with Crippen molar-refractivity contribution in [1.82, 2.24) is 0 Å². The Balaban J connectivity index is 2.39. The van der Waals surface area contributed by atoms with Crippen LogP contribution in [0.1, 0.15) is 103 Å². The first-order valence-electron chi connectivity index (χ1n) is 15.5. The first-order chi connectivity index (χ1) is 21.1. The van der Waals surface area contributed by atoms with Gasteiger partial charge in [-0.3, -0.25) is 19.7 Å². The van der Waals surface area contributed by atoms with Crippen LogP contribution in [0, 0.1) is 10.1 Å². The maximum atomic E-state index is 12.1. The molecule has 0 aromatic heterocycles. The molecule has 5 unspecified atom stereocenters. The summed E-state index contributed by atoms with van der Waals surface area (Å²) in [5.41, 5.74) is 14.1. The molecule has 1 aromatic carbocycles. The van der Waals surface area contributed by atoms with Crippen LogP contribution in [-0.4, -0.2) is 74.0 Å². The van der Waals surface area contributed by atoms with Crippen LogP contribution in [0.25, 0.3) is 10.4 Å². The van der Waals surface area contributed by atoms with Crippen molar-refractivity contribution in [3.05, 3.63) is 38.8 Å². The zero-order valence-corrected chi connectivity index (χ0v) is 25.6. The normalized spacial score (nSPS) is 14.6. The number of nitro benzene ring substituents is 1. The van der Waals surface area contributed by atoms with Crippen molar-refractivity contribution in [3.8, 4) is 5.75 Å². The van der Waals surface area contributed by atoms with Gasteiger partial charge in [-0.25, -0.2) is 0 Å². The lowest BCUT2D eigenvalue weighted by Gasteiger charge is -2.25. The predicted molar refractivity (Wildman–Crippen MR) is 164 cm³/mol. The quantitative estimate of drug-likeness (QED) is 0.0181. The molecule has 0 aliphatic carbocycles. The van der Waals surface area contributed by atoms with E-state index in [1.165, 1.54) is 18.2 Å². The van der Waals surface area contributed by atoms with Crippen molar-refractivity contribution >= 4 is 22.9 Å². The van der Waals surface area contributed by atoms with Gasteiger partial charge in [0.25, 0.3) is 0 Å². The number of ketones is 2. The van der Waals surface area contributed by atoms with Crippen LogP contribution >= 0.6 is 0 Å². The van der Waals surface area contributed by atoms with Gasteiger partial charge in [0.05, 0.1) is 17.6 Å². The Bertz CT molecular complexity index is 1070. The van der Waals surface area contributed by atoms with Gasteiger partial charge in [-0.15, -0.1) is 0 Å². The number of rotatable bonds is 26. The van der Waals surface area contributed by atoms with Gasteiger partial charge in [-0.1, -0.05) is 69.8 Å². The summed E-state index contributed by atoms with van der Waals surface area (Å²) >= 11 is 0. The first-order valence-corrected chi connectivity index (χ1v) is 15.5. The average molecular weight is 624 g/mol. The monoisotopic (exact) mass is 623 g/mol. The minimum absolute atomic E-state index is 0.0238. The van der Waals surface area contributed by atoms with Crippen LogP contribution in [0.15, 0.2) is 23.3 Å². The van der Waals surface area contributed by atoms with E-state index in [1.54, 1.807) is 0 Å². The number of nitrogens with zero attached hydrogens (tertiary/aromatic N) is 4. The van der Waals surface area contributed by atoms with Gasteiger partial charge < -0.3 is 30.9 Å². The van der Waals surface area contributed by atoms with Crippen LogP contribution < -0.4 is 10.5 Å². The summed E-state index contributed by atoms with van der Waals surface area (Å²) in [6, 6.07) is 2.52. The highest BCUT2D eigenvalue weighted by Crippen LogP contribution is 2.33. The van der Waals surface area contributed by atoms with Gasteiger partial charge in [0, 0.05) is 23.1 Å². The summed E-state index contributed by atoms with van der Waals surface area (Å²) in [5, 5.41) is 52.8. The maximum Gasteiger partial charge on any atom is 0.311 e. The third kappa shape index (κ3) is 14.6. The maximum absolute atomic E-state index is 12.1. The Morgan fingerprint density at radius 2 is 1.55 bits per heavy atom. The van der Waals surface area contributed by atoms with Crippen molar-refractivity contribution in [2.24, 2.45) is 10.8 Å². The topological polar surface area (TPSA) is 242 Å². The van der Waals surface area contributed by atoms with Crippen molar-refractivity contribution in [3.63, 3.8) is 0 Å². The van der Waals surface area contributed by atoms with Gasteiger partial charge in [0.15, 0.2) is 11.5 Å². The van der Waals surface area contributed by atoms with Crippen LogP contribution in [0.5, 0.6) is 5.75 Å². The Hall–Kier alpha value is -3.13. The number of aliphatic hydroxyl groups is 4. The molecule has 1 aromatic rings. The van der Waals surface area contributed by atoms with E-state index in [0.717, 1.165) is 83.5 Å². The highest BCUT2D eigenvalue weighted by molar-refractivity contribution is 6.39. The lowest BCUT2D eigenvalue weighted by Crippen LogP contribution is -2.54. The second-order valence-electron chi connectivity index (χ2n) is 11.1. The Morgan fingerprint density at radius 1 is 0.977 bits per heavy atom. The molecule has 0 aliphatic heterocycles. The number of carbonyl (C=O) groups is 2. The largest absolute Gasteiger partial charge is 0.484 e. The molecule has 6 N–H and O–H groups in total. The molecule has 14 nitrogen and oxygen atoms in total. The second-order valence-corrected chi connectivity index (χ2v) is 11.1. The number of nitrogens with two attached hydrogens (primary N) is 1. The van der Waals surface area contributed by atoms with Gasteiger partial charge in [-0.05, 0) is 49.8 Å². The van der Waals surface area contributed by atoms with E-state index in [1.807, 2.05) is 0 Å². The minimum atomic E-state index is -1.87. The van der Waals surface area contributed by atoms with E-state index in [2.05, 4.69) is 16.9 Å². The fourth-order valence-corrected chi connectivity index (χ4v) is 4.83. The van der Waals surface area contributed by atoms with Crippen LogP contribution in [0.3, 0.4) is 0 Å². The number of hydrogen-bond acceptors (Lipinski definition) is 11. The van der Waals surface area contributed by atoms with Gasteiger partial charge in [0.2, 0.25) is 5.78 Å².